The number of amides is 3. The van der Waals surface area contributed by atoms with Crippen LogP contribution >= 0.6 is 22.7 Å². The van der Waals surface area contributed by atoms with Gasteiger partial charge < -0.3 is 15.1 Å². The zero-order chi connectivity index (χ0) is 17.1. The Bertz CT molecular complexity index is 719. The predicted molar refractivity (Wildman–Crippen MR) is 96.7 cm³/mol. The van der Waals surface area contributed by atoms with Crippen molar-refractivity contribution >= 4 is 34.6 Å². The molecule has 1 fully saturated rings. The molecule has 0 aliphatic carbocycles. The van der Waals surface area contributed by atoms with E-state index < -0.39 is 0 Å². The van der Waals surface area contributed by atoms with Gasteiger partial charge in [0.2, 0.25) is 0 Å². The highest BCUT2D eigenvalue weighted by Gasteiger charge is 2.27. The summed E-state index contributed by atoms with van der Waals surface area (Å²) in [5.74, 6) is 0.0158. The lowest BCUT2D eigenvalue weighted by Gasteiger charge is -2.34. The first kappa shape index (κ1) is 16.9. The maximum atomic E-state index is 12.8. The van der Waals surface area contributed by atoms with E-state index in [4.69, 9.17) is 0 Å². The molecular weight excluding hydrogens is 344 g/mol. The molecule has 1 N–H and O–H groups in total. The van der Waals surface area contributed by atoms with E-state index in [2.05, 4.69) is 10.3 Å². The average molecular weight is 364 g/mol. The third-order valence-corrected chi connectivity index (χ3v) is 5.82. The molecule has 1 aliphatic heterocycles. The minimum absolute atomic E-state index is 0.0158. The van der Waals surface area contributed by atoms with Crippen molar-refractivity contribution in [2.24, 2.45) is 0 Å². The third kappa shape index (κ3) is 3.44. The number of aryl methyl sites for hydroxylation is 1. The molecule has 2 aromatic heterocycles. The number of rotatable bonds is 3. The number of thiazole rings is 1. The van der Waals surface area contributed by atoms with E-state index in [-0.39, 0.29) is 11.9 Å². The molecule has 8 heteroatoms. The molecule has 3 rings (SSSR count). The van der Waals surface area contributed by atoms with Crippen LogP contribution in [0.4, 0.5) is 4.79 Å². The van der Waals surface area contributed by atoms with E-state index in [0.717, 1.165) is 16.3 Å². The molecule has 0 unspecified atom stereocenters. The molecule has 6 nitrogen and oxygen atoms in total. The van der Waals surface area contributed by atoms with Crippen molar-refractivity contribution in [2.75, 3.05) is 32.7 Å². The number of hydrogen-bond acceptors (Lipinski definition) is 5. The Kier molecular flexibility index (Phi) is 5.15. The monoisotopic (exact) mass is 364 g/mol. The molecule has 3 amide bonds. The van der Waals surface area contributed by atoms with E-state index in [1.807, 2.05) is 35.6 Å². The van der Waals surface area contributed by atoms with E-state index in [1.165, 1.54) is 11.3 Å². The first-order valence-corrected chi connectivity index (χ1v) is 9.68. The van der Waals surface area contributed by atoms with Crippen LogP contribution in [0.2, 0.25) is 0 Å². The van der Waals surface area contributed by atoms with Gasteiger partial charge in [-0.25, -0.2) is 9.78 Å². The molecule has 0 radical (unpaired) electrons. The number of nitrogens with zero attached hydrogens (tertiary/aromatic N) is 3. The minimum atomic E-state index is -0.0571. The fraction of sp³-hybridized carbons (Fsp3) is 0.438. The Balaban J connectivity index is 1.67. The van der Waals surface area contributed by atoms with Gasteiger partial charge in [-0.1, -0.05) is 0 Å². The first-order valence-electron chi connectivity index (χ1n) is 7.92. The van der Waals surface area contributed by atoms with Gasteiger partial charge in [-0.3, -0.25) is 4.79 Å². The number of piperazine rings is 1. The van der Waals surface area contributed by atoms with Crippen LogP contribution in [0.3, 0.4) is 0 Å². The lowest BCUT2D eigenvalue weighted by Crippen LogP contribution is -2.53. The molecule has 1 aliphatic rings. The summed E-state index contributed by atoms with van der Waals surface area (Å²) in [7, 11) is 0. The van der Waals surface area contributed by atoms with Crippen LogP contribution in [0.5, 0.6) is 0 Å². The number of aromatic nitrogens is 1. The fourth-order valence-corrected chi connectivity index (χ4v) is 4.37. The van der Waals surface area contributed by atoms with Gasteiger partial charge in [0.05, 0.1) is 5.69 Å². The highest BCUT2D eigenvalue weighted by Crippen LogP contribution is 2.30. The van der Waals surface area contributed by atoms with Crippen molar-refractivity contribution in [3.05, 3.63) is 27.4 Å². The Morgan fingerprint density at radius 3 is 2.58 bits per heavy atom. The van der Waals surface area contributed by atoms with Crippen molar-refractivity contribution in [3.8, 4) is 10.6 Å². The van der Waals surface area contributed by atoms with Crippen LogP contribution in [0.25, 0.3) is 10.6 Å². The van der Waals surface area contributed by atoms with Gasteiger partial charge in [0.1, 0.15) is 9.88 Å². The zero-order valence-corrected chi connectivity index (χ0v) is 15.4. The predicted octanol–water partition coefficient (Wildman–Crippen LogP) is 2.67. The van der Waals surface area contributed by atoms with Gasteiger partial charge in [0, 0.05) is 43.7 Å². The van der Waals surface area contributed by atoms with E-state index in [9.17, 15) is 9.59 Å². The summed E-state index contributed by atoms with van der Waals surface area (Å²) in [4.78, 5) is 33.4. The topological polar surface area (TPSA) is 65.5 Å². The largest absolute Gasteiger partial charge is 0.338 e. The standard InChI is InChI=1S/C16H20N4O2S2/c1-3-17-16(22)20-7-5-19(6-8-20)15(21)13-11(2)18-14(24-13)12-4-9-23-10-12/h4,9-10H,3,5-8H2,1-2H3,(H,17,22). The number of thiophene rings is 1. The summed E-state index contributed by atoms with van der Waals surface area (Å²) < 4.78 is 0. The van der Waals surface area contributed by atoms with Crippen LogP contribution in [0.15, 0.2) is 16.8 Å². The van der Waals surface area contributed by atoms with Gasteiger partial charge in [-0.05, 0) is 25.3 Å². The number of nitrogens with one attached hydrogen (secondary N) is 1. The maximum Gasteiger partial charge on any atom is 0.317 e. The zero-order valence-electron chi connectivity index (χ0n) is 13.7. The normalized spacial score (nSPS) is 14.8. The summed E-state index contributed by atoms with van der Waals surface area (Å²) in [6.45, 7) is 6.63. The highest BCUT2D eigenvalue weighted by atomic mass is 32.1. The Morgan fingerprint density at radius 1 is 1.25 bits per heavy atom. The second-order valence-corrected chi connectivity index (χ2v) is 7.34. The van der Waals surface area contributed by atoms with Crippen molar-refractivity contribution < 1.29 is 9.59 Å². The highest BCUT2D eigenvalue weighted by molar-refractivity contribution is 7.17. The first-order chi connectivity index (χ1) is 11.6. The van der Waals surface area contributed by atoms with Crippen LogP contribution in [0.1, 0.15) is 22.3 Å². The summed E-state index contributed by atoms with van der Waals surface area (Å²) in [5.41, 5.74) is 1.84. The molecule has 2 aromatic rings. The van der Waals surface area contributed by atoms with Gasteiger partial charge in [0.15, 0.2) is 0 Å². The molecule has 0 aromatic carbocycles. The van der Waals surface area contributed by atoms with E-state index in [0.29, 0.717) is 37.6 Å². The Hall–Kier alpha value is -1.93. The van der Waals surface area contributed by atoms with Crippen LogP contribution in [-0.2, 0) is 0 Å². The lowest BCUT2D eigenvalue weighted by atomic mass is 10.3. The SMILES string of the molecule is CCNC(=O)N1CCN(C(=O)c2sc(-c3ccsc3)nc2C)CC1. The summed E-state index contributed by atoms with van der Waals surface area (Å²) in [6.07, 6.45) is 0. The maximum absolute atomic E-state index is 12.8. The van der Waals surface area contributed by atoms with Gasteiger partial charge in [-0.15, -0.1) is 11.3 Å². The second kappa shape index (κ2) is 7.31. The molecule has 0 bridgehead atoms. The van der Waals surface area contributed by atoms with Crippen molar-refractivity contribution in [2.45, 2.75) is 13.8 Å². The van der Waals surface area contributed by atoms with Gasteiger partial charge in [-0.2, -0.15) is 11.3 Å². The van der Waals surface area contributed by atoms with Crippen LogP contribution in [-0.4, -0.2) is 59.4 Å². The van der Waals surface area contributed by atoms with Gasteiger partial charge >= 0.3 is 6.03 Å². The minimum Gasteiger partial charge on any atom is -0.338 e. The van der Waals surface area contributed by atoms with E-state index in [1.54, 1.807) is 16.2 Å². The molecule has 128 valence electrons. The summed E-state index contributed by atoms with van der Waals surface area (Å²) in [5, 5.41) is 7.73. The summed E-state index contributed by atoms with van der Waals surface area (Å²) >= 11 is 3.07. The molecule has 0 spiro atoms. The van der Waals surface area contributed by atoms with E-state index >= 15 is 0 Å². The Morgan fingerprint density at radius 2 is 1.96 bits per heavy atom. The lowest BCUT2D eigenvalue weighted by molar-refractivity contribution is 0.0669. The molecule has 3 heterocycles. The number of urea groups is 1. The molecular formula is C16H20N4O2S2. The Labute approximate surface area is 149 Å². The second-order valence-electron chi connectivity index (χ2n) is 5.56. The van der Waals surface area contributed by atoms with Crippen LogP contribution < -0.4 is 5.32 Å². The molecule has 1 saturated heterocycles. The quantitative estimate of drug-likeness (QED) is 0.911. The van der Waals surface area contributed by atoms with Gasteiger partial charge in [0.25, 0.3) is 5.91 Å². The van der Waals surface area contributed by atoms with Crippen LogP contribution in [0, 0.1) is 6.92 Å². The smallest absolute Gasteiger partial charge is 0.317 e. The number of carbonyl (C=O) groups is 2. The third-order valence-electron chi connectivity index (χ3n) is 3.94. The molecule has 0 saturated carbocycles. The fourth-order valence-electron chi connectivity index (χ4n) is 2.62. The van der Waals surface area contributed by atoms with Crippen molar-refractivity contribution in [1.82, 2.24) is 20.1 Å². The van der Waals surface area contributed by atoms with Crippen molar-refractivity contribution in [1.29, 1.82) is 0 Å². The summed E-state index contributed by atoms with van der Waals surface area (Å²) in [6, 6.07) is 1.96. The van der Waals surface area contributed by atoms with Crippen molar-refractivity contribution in [3.63, 3.8) is 0 Å². The number of hydrogen-bond donors (Lipinski definition) is 1. The number of carbonyl (C=O) groups excluding carboxylic acids is 2. The average Bonchev–Trinajstić information content (AvgIpc) is 3.24. The molecule has 24 heavy (non-hydrogen) atoms. The molecule has 0 atom stereocenters.